The maximum atomic E-state index is 2.30. The molecule has 0 unspecified atom stereocenters. The molecule has 0 aliphatic carbocycles. The van der Waals surface area contributed by atoms with E-state index in [1.807, 2.05) is 0 Å². The van der Waals surface area contributed by atoms with Crippen molar-refractivity contribution in [3.05, 3.63) is 71.9 Å². The predicted molar refractivity (Wildman–Crippen MR) is 91.5 cm³/mol. The van der Waals surface area contributed by atoms with E-state index in [0.717, 1.165) is 6.54 Å². The highest BCUT2D eigenvalue weighted by molar-refractivity contribution is 5.86. The minimum Gasteiger partial charge on any atom is -0.344 e. The van der Waals surface area contributed by atoms with Gasteiger partial charge in [0.1, 0.15) is 0 Å². The summed E-state index contributed by atoms with van der Waals surface area (Å²) in [7, 11) is 0. The highest BCUT2D eigenvalue weighted by Crippen LogP contribution is 2.27. The topological polar surface area (TPSA) is 4.93 Å². The van der Waals surface area contributed by atoms with Gasteiger partial charge in [0, 0.05) is 23.6 Å². The van der Waals surface area contributed by atoms with E-state index in [4.69, 9.17) is 0 Å². The van der Waals surface area contributed by atoms with Crippen LogP contribution in [0, 0.1) is 6.92 Å². The summed E-state index contributed by atoms with van der Waals surface area (Å²) >= 11 is 0. The zero-order chi connectivity index (χ0) is 14.8. The molecule has 1 heterocycles. The van der Waals surface area contributed by atoms with Crippen LogP contribution in [0.15, 0.2) is 66.4 Å². The van der Waals surface area contributed by atoms with Gasteiger partial charge in [-0.05, 0) is 55.7 Å². The molecule has 0 amide bonds. The maximum Gasteiger partial charge on any atom is 0.0483 e. The van der Waals surface area contributed by atoms with Gasteiger partial charge >= 0.3 is 0 Å². The molecule has 0 radical (unpaired) electrons. The Morgan fingerprint density at radius 1 is 1.05 bits per heavy atom. The van der Waals surface area contributed by atoms with Crippen molar-refractivity contribution in [3.63, 3.8) is 0 Å². The molecular weight excluding hydrogens is 254 g/mol. The molecule has 1 heteroatoms. The minimum absolute atomic E-state index is 0.940. The maximum absolute atomic E-state index is 2.30. The summed E-state index contributed by atoms with van der Waals surface area (Å²) in [5.41, 5.74) is 6.58. The Bertz CT molecular complexity index is 802. The highest BCUT2D eigenvalue weighted by atomic mass is 14.9. The number of rotatable bonds is 3. The standard InChI is InChI=1S/C20H21N/c1-15(2)10-12-21-13-11-18-14-17(8-9-20(18)21)19-7-5-4-6-16(19)3/h4-11,13-14H,12H2,1-3H3. The molecule has 3 aromatic rings. The van der Waals surface area contributed by atoms with Crippen molar-refractivity contribution < 1.29 is 0 Å². The summed E-state index contributed by atoms with van der Waals surface area (Å²) < 4.78 is 2.30. The lowest BCUT2D eigenvalue weighted by molar-refractivity contribution is 0.856. The first-order valence-electron chi connectivity index (χ1n) is 7.43. The van der Waals surface area contributed by atoms with Crippen LogP contribution in [0.5, 0.6) is 0 Å². The molecule has 0 saturated carbocycles. The minimum atomic E-state index is 0.940. The summed E-state index contributed by atoms with van der Waals surface area (Å²) in [4.78, 5) is 0. The molecular formula is C20H21N. The molecule has 0 saturated heterocycles. The average Bonchev–Trinajstić information content (AvgIpc) is 2.88. The fourth-order valence-corrected chi connectivity index (χ4v) is 2.70. The van der Waals surface area contributed by atoms with Crippen LogP contribution in [0.1, 0.15) is 19.4 Å². The number of allylic oxidation sites excluding steroid dienone is 2. The first-order valence-corrected chi connectivity index (χ1v) is 7.43. The van der Waals surface area contributed by atoms with Gasteiger partial charge in [0.2, 0.25) is 0 Å². The first kappa shape index (κ1) is 13.7. The Morgan fingerprint density at radius 2 is 1.86 bits per heavy atom. The molecule has 0 aliphatic rings. The van der Waals surface area contributed by atoms with Crippen molar-refractivity contribution in [2.24, 2.45) is 0 Å². The van der Waals surface area contributed by atoms with Gasteiger partial charge in [0.25, 0.3) is 0 Å². The van der Waals surface area contributed by atoms with E-state index in [9.17, 15) is 0 Å². The van der Waals surface area contributed by atoms with Crippen LogP contribution in [0.3, 0.4) is 0 Å². The zero-order valence-electron chi connectivity index (χ0n) is 12.9. The quantitative estimate of drug-likeness (QED) is 0.550. The summed E-state index contributed by atoms with van der Waals surface area (Å²) in [5, 5.41) is 1.30. The number of fused-ring (bicyclic) bond motifs is 1. The van der Waals surface area contributed by atoms with E-state index < -0.39 is 0 Å². The predicted octanol–water partition coefficient (Wildman–Crippen LogP) is 5.58. The molecule has 21 heavy (non-hydrogen) atoms. The lowest BCUT2D eigenvalue weighted by atomic mass is 10.00. The van der Waals surface area contributed by atoms with E-state index in [2.05, 4.69) is 86.1 Å². The van der Waals surface area contributed by atoms with E-state index in [-0.39, 0.29) is 0 Å². The number of aryl methyl sites for hydroxylation is 1. The zero-order valence-corrected chi connectivity index (χ0v) is 12.9. The van der Waals surface area contributed by atoms with Crippen LogP contribution in [0.25, 0.3) is 22.0 Å². The van der Waals surface area contributed by atoms with Crippen LogP contribution < -0.4 is 0 Å². The fourth-order valence-electron chi connectivity index (χ4n) is 2.70. The van der Waals surface area contributed by atoms with Gasteiger partial charge in [-0.1, -0.05) is 42.0 Å². The van der Waals surface area contributed by atoms with Crippen LogP contribution in [-0.4, -0.2) is 4.57 Å². The Morgan fingerprint density at radius 3 is 2.62 bits per heavy atom. The second-order valence-electron chi connectivity index (χ2n) is 5.84. The monoisotopic (exact) mass is 275 g/mol. The third-order valence-corrected chi connectivity index (χ3v) is 3.92. The summed E-state index contributed by atoms with van der Waals surface area (Å²) in [6.45, 7) is 7.39. The van der Waals surface area contributed by atoms with Gasteiger partial charge in [0.15, 0.2) is 0 Å². The SMILES string of the molecule is CC(C)=CCn1ccc2cc(-c3ccccc3C)ccc21. The normalized spacial score (nSPS) is 10.8. The molecule has 2 aromatic carbocycles. The van der Waals surface area contributed by atoms with Crippen LogP contribution in [0.4, 0.5) is 0 Å². The van der Waals surface area contributed by atoms with Crippen molar-refractivity contribution >= 4 is 10.9 Å². The van der Waals surface area contributed by atoms with Crippen molar-refractivity contribution in [3.8, 4) is 11.1 Å². The third kappa shape index (κ3) is 2.78. The second kappa shape index (κ2) is 5.61. The van der Waals surface area contributed by atoms with E-state index in [1.54, 1.807) is 0 Å². The van der Waals surface area contributed by atoms with Crippen LogP contribution in [-0.2, 0) is 6.54 Å². The van der Waals surface area contributed by atoms with Gasteiger partial charge in [-0.25, -0.2) is 0 Å². The van der Waals surface area contributed by atoms with E-state index in [1.165, 1.54) is 33.2 Å². The molecule has 1 aromatic heterocycles. The van der Waals surface area contributed by atoms with Crippen LogP contribution >= 0.6 is 0 Å². The van der Waals surface area contributed by atoms with Crippen LogP contribution in [0.2, 0.25) is 0 Å². The van der Waals surface area contributed by atoms with Gasteiger partial charge < -0.3 is 4.57 Å². The number of nitrogens with zero attached hydrogens (tertiary/aromatic N) is 1. The van der Waals surface area contributed by atoms with Gasteiger partial charge in [-0.2, -0.15) is 0 Å². The number of benzene rings is 2. The fraction of sp³-hybridized carbons (Fsp3) is 0.200. The smallest absolute Gasteiger partial charge is 0.0483 e. The lowest BCUT2D eigenvalue weighted by Gasteiger charge is -2.07. The Labute approximate surface area is 126 Å². The average molecular weight is 275 g/mol. The van der Waals surface area contributed by atoms with Gasteiger partial charge in [0.05, 0.1) is 0 Å². The van der Waals surface area contributed by atoms with Crippen molar-refractivity contribution in [2.75, 3.05) is 0 Å². The number of hydrogen-bond donors (Lipinski definition) is 0. The first-order chi connectivity index (χ1) is 10.1. The Hall–Kier alpha value is -2.28. The summed E-state index contributed by atoms with van der Waals surface area (Å²) in [5.74, 6) is 0. The largest absolute Gasteiger partial charge is 0.344 e. The summed E-state index contributed by atoms with van der Waals surface area (Å²) in [6, 6.07) is 17.5. The van der Waals surface area contributed by atoms with Crippen molar-refractivity contribution in [2.45, 2.75) is 27.3 Å². The number of hydrogen-bond acceptors (Lipinski definition) is 0. The second-order valence-corrected chi connectivity index (χ2v) is 5.84. The van der Waals surface area contributed by atoms with Gasteiger partial charge in [-0.3, -0.25) is 0 Å². The molecule has 0 aliphatic heterocycles. The highest BCUT2D eigenvalue weighted by Gasteiger charge is 2.05. The van der Waals surface area contributed by atoms with E-state index in [0.29, 0.717) is 0 Å². The molecule has 0 N–H and O–H groups in total. The van der Waals surface area contributed by atoms with Crippen molar-refractivity contribution in [1.29, 1.82) is 0 Å². The van der Waals surface area contributed by atoms with Gasteiger partial charge in [-0.15, -0.1) is 0 Å². The number of aromatic nitrogens is 1. The molecule has 106 valence electrons. The molecule has 0 bridgehead atoms. The Kier molecular flexibility index (Phi) is 3.66. The molecule has 3 rings (SSSR count). The van der Waals surface area contributed by atoms with Crippen molar-refractivity contribution in [1.82, 2.24) is 4.57 Å². The molecule has 0 spiro atoms. The lowest BCUT2D eigenvalue weighted by Crippen LogP contribution is -1.93. The third-order valence-electron chi connectivity index (χ3n) is 3.92. The molecule has 0 fully saturated rings. The Balaban J connectivity index is 2.03. The van der Waals surface area contributed by atoms with E-state index >= 15 is 0 Å². The summed E-state index contributed by atoms with van der Waals surface area (Å²) in [6.07, 6.45) is 4.43. The molecule has 0 atom stereocenters. The molecule has 1 nitrogen and oxygen atoms in total.